The molecule has 4 rings (SSSR count). The molecule has 0 radical (unpaired) electrons. The van der Waals surface area contributed by atoms with Gasteiger partial charge in [-0.05, 0) is 72.5 Å². The molecule has 1 N–H and O–H groups in total. The Morgan fingerprint density at radius 1 is 0.900 bits per heavy atom. The summed E-state index contributed by atoms with van der Waals surface area (Å²) in [7, 11) is 0. The van der Waals surface area contributed by atoms with Crippen LogP contribution in [-0.2, 0) is 22.6 Å². The molecule has 2 amide bonds. The van der Waals surface area contributed by atoms with Crippen molar-refractivity contribution in [3.63, 3.8) is 0 Å². The zero-order chi connectivity index (χ0) is 28.3. The molecular formula is C32H35Cl3N2O2S. The highest BCUT2D eigenvalue weighted by Crippen LogP contribution is 2.26. The number of benzene rings is 3. The molecule has 0 bridgehead atoms. The second-order valence-electron chi connectivity index (χ2n) is 10.2. The van der Waals surface area contributed by atoms with E-state index in [9.17, 15) is 9.59 Å². The third-order valence-electron chi connectivity index (χ3n) is 7.20. The van der Waals surface area contributed by atoms with Gasteiger partial charge in [-0.2, -0.15) is 0 Å². The van der Waals surface area contributed by atoms with Crippen molar-refractivity contribution in [2.24, 2.45) is 0 Å². The molecule has 1 fully saturated rings. The highest BCUT2D eigenvalue weighted by Gasteiger charge is 2.32. The highest BCUT2D eigenvalue weighted by atomic mass is 35.5. The summed E-state index contributed by atoms with van der Waals surface area (Å²) in [4.78, 5) is 30.5. The maximum Gasteiger partial charge on any atom is 0.243 e. The number of carbonyl (C=O) groups is 2. The molecule has 0 aliphatic heterocycles. The Labute approximate surface area is 256 Å². The van der Waals surface area contributed by atoms with Gasteiger partial charge in [-0.3, -0.25) is 9.59 Å². The van der Waals surface area contributed by atoms with Crippen molar-refractivity contribution in [3.05, 3.63) is 99.0 Å². The average molecular weight is 618 g/mol. The zero-order valence-electron chi connectivity index (χ0n) is 22.5. The van der Waals surface area contributed by atoms with Gasteiger partial charge in [-0.25, -0.2) is 0 Å². The molecular weight excluding hydrogens is 583 g/mol. The molecule has 0 saturated heterocycles. The predicted octanol–water partition coefficient (Wildman–Crippen LogP) is 8.61. The van der Waals surface area contributed by atoms with Crippen LogP contribution < -0.4 is 5.32 Å². The maximum atomic E-state index is 13.9. The first-order chi connectivity index (χ1) is 19.4. The zero-order valence-corrected chi connectivity index (χ0v) is 25.5. The van der Waals surface area contributed by atoms with Gasteiger partial charge in [-0.15, -0.1) is 11.8 Å². The largest absolute Gasteiger partial charge is 0.352 e. The lowest BCUT2D eigenvalue weighted by atomic mass is 9.94. The molecule has 3 aromatic carbocycles. The minimum atomic E-state index is -0.660. The summed E-state index contributed by atoms with van der Waals surface area (Å²) in [5.41, 5.74) is 1.77. The Balaban J connectivity index is 1.54. The number of hydrogen-bond donors (Lipinski definition) is 1. The van der Waals surface area contributed by atoms with E-state index in [4.69, 9.17) is 34.8 Å². The molecule has 0 heterocycles. The average Bonchev–Trinajstić information content (AvgIpc) is 2.96. The van der Waals surface area contributed by atoms with Crippen LogP contribution in [-0.4, -0.2) is 34.6 Å². The Morgan fingerprint density at radius 2 is 1.60 bits per heavy atom. The monoisotopic (exact) mass is 616 g/mol. The van der Waals surface area contributed by atoms with Crippen LogP contribution >= 0.6 is 46.6 Å². The number of nitrogens with zero attached hydrogens (tertiary/aromatic N) is 1. The summed E-state index contributed by atoms with van der Waals surface area (Å²) in [5.74, 6) is 0.604. The topological polar surface area (TPSA) is 49.4 Å². The summed E-state index contributed by atoms with van der Waals surface area (Å²) in [6.07, 6.45) is 6.81. The van der Waals surface area contributed by atoms with Crippen molar-refractivity contribution in [1.82, 2.24) is 10.2 Å². The van der Waals surface area contributed by atoms with E-state index in [2.05, 4.69) is 5.32 Å². The van der Waals surface area contributed by atoms with E-state index < -0.39 is 6.04 Å². The van der Waals surface area contributed by atoms with E-state index in [-0.39, 0.29) is 24.4 Å². The summed E-state index contributed by atoms with van der Waals surface area (Å²) in [6.45, 7) is 0.231. The summed E-state index contributed by atoms with van der Waals surface area (Å²) in [6, 6.07) is 22.3. The van der Waals surface area contributed by atoms with Gasteiger partial charge in [-0.1, -0.05) is 90.5 Å². The van der Waals surface area contributed by atoms with Crippen LogP contribution in [0.3, 0.4) is 0 Å². The number of amides is 2. The highest BCUT2D eigenvalue weighted by molar-refractivity contribution is 7.99. The van der Waals surface area contributed by atoms with Gasteiger partial charge in [0.05, 0.1) is 0 Å². The fourth-order valence-corrected chi connectivity index (χ4v) is 6.47. The number of thioether (sulfide) groups is 1. The van der Waals surface area contributed by atoms with E-state index in [1.165, 1.54) is 6.42 Å². The fourth-order valence-electron chi connectivity index (χ4n) is 5.02. The minimum Gasteiger partial charge on any atom is -0.352 e. The lowest BCUT2D eigenvalue weighted by Gasteiger charge is -2.33. The Hall–Kier alpha value is -2.18. The van der Waals surface area contributed by atoms with Crippen molar-refractivity contribution in [2.45, 2.75) is 74.9 Å². The second-order valence-corrected chi connectivity index (χ2v) is 12.7. The third-order valence-corrected chi connectivity index (χ3v) is 9.13. The molecule has 1 unspecified atom stereocenters. The smallest absolute Gasteiger partial charge is 0.243 e. The summed E-state index contributed by atoms with van der Waals surface area (Å²) < 4.78 is 0. The van der Waals surface area contributed by atoms with Crippen molar-refractivity contribution in [1.29, 1.82) is 0 Å². The molecule has 212 valence electrons. The number of hydrogen-bond acceptors (Lipinski definition) is 3. The molecule has 1 aliphatic carbocycles. The van der Waals surface area contributed by atoms with Crippen molar-refractivity contribution in [3.8, 4) is 0 Å². The van der Waals surface area contributed by atoms with E-state index in [1.807, 2.05) is 60.7 Å². The molecule has 0 spiro atoms. The molecule has 1 saturated carbocycles. The molecule has 0 aromatic heterocycles. The maximum absolute atomic E-state index is 13.9. The van der Waals surface area contributed by atoms with Crippen LogP contribution in [0.15, 0.2) is 77.7 Å². The molecule has 40 heavy (non-hydrogen) atoms. The number of halogens is 3. The number of rotatable bonds is 12. The van der Waals surface area contributed by atoms with Crippen LogP contribution in [0.25, 0.3) is 0 Å². The molecule has 4 nitrogen and oxygen atoms in total. The van der Waals surface area contributed by atoms with E-state index in [0.717, 1.165) is 47.5 Å². The van der Waals surface area contributed by atoms with Crippen molar-refractivity contribution in [2.75, 3.05) is 5.75 Å². The first kappa shape index (κ1) is 30.8. The Bertz CT molecular complexity index is 1250. The quantitative estimate of drug-likeness (QED) is 0.164. The predicted molar refractivity (Wildman–Crippen MR) is 167 cm³/mol. The van der Waals surface area contributed by atoms with Gasteiger partial charge in [0.25, 0.3) is 0 Å². The van der Waals surface area contributed by atoms with Gasteiger partial charge >= 0.3 is 0 Å². The fraction of sp³-hybridized carbons (Fsp3) is 0.375. The third kappa shape index (κ3) is 9.44. The normalized spacial score (nSPS) is 14.5. The lowest BCUT2D eigenvalue weighted by molar-refractivity contribution is -0.141. The number of nitrogens with one attached hydrogen (secondary N) is 1. The van der Waals surface area contributed by atoms with Crippen LogP contribution in [0.1, 0.15) is 56.1 Å². The van der Waals surface area contributed by atoms with Crippen LogP contribution in [0.5, 0.6) is 0 Å². The van der Waals surface area contributed by atoms with Crippen molar-refractivity contribution >= 4 is 58.4 Å². The van der Waals surface area contributed by atoms with Crippen LogP contribution in [0.4, 0.5) is 0 Å². The van der Waals surface area contributed by atoms with Gasteiger partial charge in [0.1, 0.15) is 6.04 Å². The van der Waals surface area contributed by atoms with Gasteiger partial charge in [0, 0.05) is 45.4 Å². The first-order valence-electron chi connectivity index (χ1n) is 13.8. The second kappa shape index (κ2) is 15.7. The minimum absolute atomic E-state index is 0.0672. The van der Waals surface area contributed by atoms with E-state index >= 15 is 0 Å². The first-order valence-corrected chi connectivity index (χ1v) is 16.0. The van der Waals surface area contributed by atoms with Crippen LogP contribution in [0, 0.1) is 0 Å². The molecule has 3 aromatic rings. The number of carbonyl (C=O) groups excluding carboxylic acids is 2. The summed E-state index contributed by atoms with van der Waals surface area (Å²) >= 11 is 20.4. The molecule has 1 atom stereocenters. The van der Waals surface area contributed by atoms with E-state index in [1.54, 1.807) is 28.8 Å². The Kier molecular flexibility index (Phi) is 12.1. The lowest BCUT2D eigenvalue weighted by Crippen LogP contribution is -2.52. The van der Waals surface area contributed by atoms with Crippen LogP contribution in [0.2, 0.25) is 15.1 Å². The Morgan fingerprint density at radius 3 is 2.30 bits per heavy atom. The van der Waals surface area contributed by atoms with E-state index in [0.29, 0.717) is 34.3 Å². The summed E-state index contributed by atoms with van der Waals surface area (Å²) in [5, 5.41) is 4.99. The van der Waals surface area contributed by atoms with Gasteiger partial charge in [0.2, 0.25) is 11.8 Å². The standard InChI is InChI=1S/C32H35Cl3N2O2S/c33-25-15-17-28(18-16-25)40-19-7-12-31(38)37(22-24-13-14-26(34)21-29(24)35)30(20-23-8-3-1-4-9-23)32(39)36-27-10-5-2-6-11-27/h1,3-4,8-9,13-18,21,27,30H,2,5-7,10-12,19-20,22H2,(H,36,39). The molecule has 8 heteroatoms. The van der Waals surface area contributed by atoms with Crippen molar-refractivity contribution < 1.29 is 9.59 Å². The SMILES string of the molecule is O=C(NC1CCCCC1)C(Cc1ccccc1)N(Cc1ccc(Cl)cc1Cl)C(=O)CCCSc1ccc(Cl)cc1. The van der Waals surface area contributed by atoms with Gasteiger partial charge < -0.3 is 10.2 Å². The van der Waals surface area contributed by atoms with Gasteiger partial charge in [0.15, 0.2) is 0 Å². The molecule has 1 aliphatic rings.